The number of nitrogens with zero attached hydrogens (tertiary/aromatic N) is 3. The van der Waals surface area contributed by atoms with Crippen molar-refractivity contribution in [2.75, 3.05) is 24.9 Å². The maximum atomic E-state index is 13.4. The minimum atomic E-state index is -0.392. The van der Waals surface area contributed by atoms with Crippen molar-refractivity contribution in [2.45, 2.75) is 6.92 Å². The van der Waals surface area contributed by atoms with Crippen LogP contribution in [0.1, 0.15) is 5.56 Å². The van der Waals surface area contributed by atoms with E-state index in [-0.39, 0.29) is 27.4 Å². The summed E-state index contributed by atoms with van der Waals surface area (Å²) in [5, 5.41) is 6.79. The van der Waals surface area contributed by atoms with Crippen molar-refractivity contribution < 1.29 is 14.3 Å². The standard InChI is InChI=1S/C26H23Cl2N5O4/c1-6-19(34)30-15-9-7-8-13(2)23(15)31-26-29-12-14-10-16(33(3)25(35)24(14)32-26)20-21(27)17(36-4)11-18(37-5)22(20)28/h6-12H,1H2,2-5H3,(H,30,34)(H,29,31,32). The van der Waals surface area contributed by atoms with Gasteiger partial charge in [0.25, 0.3) is 5.56 Å². The van der Waals surface area contributed by atoms with Gasteiger partial charge in [-0.2, -0.15) is 0 Å². The Kier molecular flexibility index (Phi) is 7.37. The molecule has 9 nitrogen and oxygen atoms in total. The van der Waals surface area contributed by atoms with Crippen molar-refractivity contribution in [3.63, 3.8) is 0 Å². The van der Waals surface area contributed by atoms with Crippen LogP contribution in [-0.4, -0.2) is 34.7 Å². The second-order valence-electron chi connectivity index (χ2n) is 7.99. The molecule has 0 fully saturated rings. The van der Waals surface area contributed by atoms with Crippen molar-refractivity contribution in [3.05, 3.63) is 75.1 Å². The van der Waals surface area contributed by atoms with Gasteiger partial charge in [0, 0.05) is 30.3 Å². The van der Waals surface area contributed by atoms with Gasteiger partial charge in [-0.05, 0) is 30.7 Å². The third-order valence-electron chi connectivity index (χ3n) is 5.76. The number of nitrogens with one attached hydrogen (secondary N) is 2. The summed E-state index contributed by atoms with van der Waals surface area (Å²) in [7, 11) is 4.54. The fourth-order valence-corrected chi connectivity index (χ4v) is 4.52. The number of ether oxygens (including phenoxy) is 2. The Morgan fingerprint density at radius 3 is 2.43 bits per heavy atom. The van der Waals surface area contributed by atoms with E-state index in [1.807, 2.05) is 19.1 Å². The molecule has 2 aromatic carbocycles. The number of amides is 1. The summed E-state index contributed by atoms with van der Waals surface area (Å²) >= 11 is 13.2. The molecule has 4 rings (SSSR count). The molecule has 0 saturated heterocycles. The van der Waals surface area contributed by atoms with E-state index in [1.54, 1.807) is 25.2 Å². The monoisotopic (exact) mass is 539 g/mol. The van der Waals surface area contributed by atoms with Crippen LogP contribution in [0.2, 0.25) is 10.0 Å². The zero-order chi connectivity index (χ0) is 26.9. The van der Waals surface area contributed by atoms with Gasteiger partial charge in [-0.3, -0.25) is 9.59 Å². The molecule has 0 spiro atoms. The van der Waals surface area contributed by atoms with E-state index in [4.69, 9.17) is 32.7 Å². The molecule has 0 saturated carbocycles. The minimum absolute atomic E-state index is 0.177. The Labute approximate surface area is 222 Å². The molecule has 1 amide bonds. The first-order valence-electron chi connectivity index (χ1n) is 11.0. The number of methoxy groups -OCH3 is 2. The Bertz CT molecular complexity index is 1590. The van der Waals surface area contributed by atoms with E-state index in [0.717, 1.165) is 5.56 Å². The van der Waals surface area contributed by atoms with E-state index in [9.17, 15) is 9.59 Å². The molecule has 4 aromatic rings. The van der Waals surface area contributed by atoms with Crippen LogP contribution in [0.15, 0.2) is 54.0 Å². The van der Waals surface area contributed by atoms with Crippen LogP contribution in [0.25, 0.3) is 22.2 Å². The first-order chi connectivity index (χ1) is 17.7. The summed E-state index contributed by atoms with van der Waals surface area (Å²) in [4.78, 5) is 34.1. The fraction of sp³-hybridized carbons (Fsp3) is 0.154. The Balaban J connectivity index is 1.84. The molecule has 0 radical (unpaired) electrons. The molecule has 2 heterocycles. The highest BCUT2D eigenvalue weighted by atomic mass is 35.5. The first kappa shape index (κ1) is 26.0. The summed E-state index contributed by atoms with van der Waals surface area (Å²) < 4.78 is 12.1. The van der Waals surface area contributed by atoms with Crippen LogP contribution in [0, 0.1) is 6.92 Å². The normalized spacial score (nSPS) is 10.8. The van der Waals surface area contributed by atoms with Crippen molar-refractivity contribution in [1.82, 2.24) is 14.5 Å². The lowest BCUT2D eigenvalue weighted by atomic mass is 10.1. The van der Waals surface area contributed by atoms with Crippen molar-refractivity contribution >= 4 is 57.3 Å². The minimum Gasteiger partial charge on any atom is -0.495 e. The molecule has 0 atom stereocenters. The van der Waals surface area contributed by atoms with Gasteiger partial charge in [0.1, 0.15) is 17.0 Å². The maximum absolute atomic E-state index is 13.4. The number of pyridine rings is 1. The van der Waals surface area contributed by atoms with Crippen molar-refractivity contribution in [1.29, 1.82) is 0 Å². The van der Waals surface area contributed by atoms with Crippen LogP contribution in [-0.2, 0) is 11.8 Å². The number of hydrogen-bond donors (Lipinski definition) is 2. The Morgan fingerprint density at radius 1 is 1.14 bits per heavy atom. The van der Waals surface area contributed by atoms with Crippen LogP contribution < -0.4 is 25.7 Å². The Hall–Kier alpha value is -4.08. The molecular formula is C26H23Cl2N5O4. The third-order valence-corrected chi connectivity index (χ3v) is 6.51. The number of anilines is 3. The SMILES string of the molecule is C=CC(=O)Nc1cccc(C)c1Nc1ncc2cc(-c3c(Cl)c(OC)cc(OC)c3Cl)n(C)c(=O)c2n1. The molecule has 190 valence electrons. The predicted octanol–water partition coefficient (Wildman–Crippen LogP) is 5.50. The van der Waals surface area contributed by atoms with Gasteiger partial charge in [-0.15, -0.1) is 0 Å². The van der Waals surface area contributed by atoms with Gasteiger partial charge in [0.2, 0.25) is 11.9 Å². The van der Waals surface area contributed by atoms with Gasteiger partial charge >= 0.3 is 0 Å². The lowest BCUT2D eigenvalue weighted by Gasteiger charge is -2.17. The number of carbonyl (C=O) groups is 1. The molecule has 0 aliphatic rings. The lowest BCUT2D eigenvalue weighted by molar-refractivity contribution is -0.111. The van der Waals surface area contributed by atoms with Crippen LogP contribution in [0.5, 0.6) is 11.5 Å². The summed E-state index contributed by atoms with van der Waals surface area (Å²) in [5.74, 6) is 0.513. The quantitative estimate of drug-likeness (QED) is 0.298. The van der Waals surface area contributed by atoms with Gasteiger partial charge in [0.05, 0.1) is 41.3 Å². The van der Waals surface area contributed by atoms with E-state index in [0.29, 0.717) is 39.5 Å². The first-order valence-corrected chi connectivity index (χ1v) is 11.7. The average Bonchev–Trinajstić information content (AvgIpc) is 2.89. The van der Waals surface area contributed by atoms with E-state index in [1.165, 1.54) is 31.1 Å². The summed E-state index contributed by atoms with van der Waals surface area (Å²) in [5.41, 5.74) is 2.55. The molecule has 0 aliphatic heterocycles. The van der Waals surface area contributed by atoms with Gasteiger partial charge in [-0.25, -0.2) is 9.97 Å². The summed E-state index contributed by atoms with van der Waals surface area (Å²) in [6.07, 6.45) is 2.70. The number of para-hydroxylation sites is 1. The smallest absolute Gasteiger partial charge is 0.277 e. The highest BCUT2D eigenvalue weighted by Crippen LogP contribution is 2.45. The molecule has 37 heavy (non-hydrogen) atoms. The molecule has 0 bridgehead atoms. The third kappa shape index (κ3) is 4.83. The van der Waals surface area contributed by atoms with Crippen LogP contribution >= 0.6 is 23.2 Å². The molecule has 0 unspecified atom stereocenters. The van der Waals surface area contributed by atoms with Gasteiger partial charge < -0.3 is 24.7 Å². The zero-order valence-corrected chi connectivity index (χ0v) is 22.0. The van der Waals surface area contributed by atoms with E-state index < -0.39 is 5.56 Å². The van der Waals surface area contributed by atoms with Crippen LogP contribution in [0.3, 0.4) is 0 Å². The number of hydrogen-bond acceptors (Lipinski definition) is 7. The lowest BCUT2D eigenvalue weighted by Crippen LogP contribution is -2.20. The van der Waals surface area contributed by atoms with Crippen molar-refractivity contribution in [3.8, 4) is 22.8 Å². The Morgan fingerprint density at radius 2 is 1.81 bits per heavy atom. The average molecular weight is 540 g/mol. The van der Waals surface area contributed by atoms with Crippen molar-refractivity contribution in [2.24, 2.45) is 7.05 Å². The molecule has 0 aliphatic carbocycles. The van der Waals surface area contributed by atoms with E-state index in [2.05, 4.69) is 27.2 Å². The van der Waals surface area contributed by atoms with Gasteiger partial charge in [-0.1, -0.05) is 41.9 Å². The second kappa shape index (κ2) is 10.5. The summed E-state index contributed by atoms with van der Waals surface area (Å²) in [6.45, 7) is 5.35. The second-order valence-corrected chi connectivity index (χ2v) is 8.75. The molecular weight excluding hydrogens is 517 g/mol. The van der Waals surface area contributed by atoms with Crippen LogP contribution in [0.4, 0.5) is 17.3 Å². The summed E-state index contributed by atoms with van der Waals surface area (Å²) in [6, 6.07) is 8.70. The van der Waals surface area contributed by atoms with E-state index >= 15 is 0 Å². The van der Waals surface area contributed by atoms with Gasteiger partial charge in [0.15, 0.2) is 0 Å². The number of aryl methyl sites for hydroxylation is 1. The highest BCUT2D eigenvalue weighted by Gasteiger charge is 2.22. The predicted molar refractivity (Wildman–Crippen MR) is 147 cm³/mol. The largest absolute Gasteiger partial charge is 0.495 e. The number of aromatic nitrogens is 3. The topological polar surface area (TPSA) is 107 Å². The number of carbonyl (C=O) groups excluding carboxylic acids is 1. The maximum Gasteiger partial charge on any atom is 0.277 e. The highest BCUT2D eigenvalue weighted by molar-refractivity contribution is 6.41. The molecule has 2 aromatic heterocycles. The number of rotatable bonds is 7. The zero-order valence-electron chi connectivity index (χ0n) is 20.5. The number of halogens is 2. The molecule has 2 N–H and O–H groups in total. The number of benzene rings is 2. The number of fused-ring (bicyclic) bond motifs is 1. The molecule has 11 heteroatoms. The fourth-order valence-electron chi connectivity index (χ4n) is 3.82.